The zero-order valence-corrected chi connectivity index (χ0v) is 24.4. The van der Waals surface area contributed by atoms with Gasteiger partial charge in [-0.05, 0) is 47.9 Å². The summed E-state index contributed by atoms with van der Waals surface area (Å²) in [6, 6.07) is 7.54. The number of H-pyrrole nitrogens is 2. The topological polar surface area (TPSA) is 174 Å². The molecule has 0 radical (unpaired) electrons. The van der Waals surface area contributed by atoms with Crippen LogP contribution in [0, 0.1) is 11.6 Å². The minimum atomic E-state index is -3.48. The van der Waals surface area contributed by atoms with Crippen molar-refractivity contribution in [3.8, 4) is 33.8 Å². The van der Waals surface area contributed by atoms with Crippen molar-refractivity contribution in [2.75, 3.05) is 11.6 Å². The molecular weight excluding hydrogens is 592 g/mol. The van der Waals surface area contributed by atoms with E-state index in [-0.39, 0.29) is 34.7 Å². The number of pyridine rings is 3. The number of fused-ring (bicyclic) bond motifs is 2. The minimum absolute atomic E-state index is 0.0902. The first-order valence-electron chi connectivity index (χ1n) is 13.6. The molecule has 0 spiro atoms. The first-order chi connectivity index (χ1) is 21.1. The molecule has 6 aromatic rings. The summed E-state index contributed by atoms with van der Waals surface area (Å²) in [6.07, 6.45) is 7.52. The first-order valence-corrected chi connectivity index (χ1v) is 15.5. The molecule has 0 aliphatic carbocycles. The molecule has 226 valence electrons. The molecule has 0 aliphatic heterocycles. The Morgan fingerprint density at radius 3 is 2.66 bits per heavy atom. The molecule has 0 aliphatic rings. The van der Waals surface area contributed by atoms with Crippen LogP contribution in [0.15, 0.2) is 55.1 Å². The van der Waals surface area contributed by atoms with Crippen molar-refractivity contribution in [2.45, 2.75) is 32.5 Å². The highest BCUT2D eigenvalue weighted by atomic mass is 32.2. The highest BCUT2D eigenvalue weighted by Gasteiger charge is 2.22. The number of aromatic amines is 2. The normalized spacial score (nSPS) is 12.7. The van der Waals surface area contributed by atoms with Gasteiger partial charge in [0.1, 0.15) is 29.1 Å². The predicted octanol–water partition coefficient (Wildman–Crippen LogP) is 4.48. The Kier molecular flexibility index (Phi) is 7.75. The fourth-order valence-corrected chi connectivity index (χ4v) is 5.34. The maximum absolute atomic E-state index is 16.1. The molecule has 5 heterocycles. The lowest BCUT2D eigenvalue weighted by Gasteiger charge is -2.13. The lowest BCUT2D eigenvalue weighted by molar-refractivity contribution is 0.192. The summed E-state index contributed by atoms with van der Waals surface area (Å²) >= 11 is 0. The number of benzene rings is 1. The van der Waals surface area contributed by atoms with Crippen LogP contribution in [0.4, 0.5) is 14.5 Å². The average Bonchev–Trinajstić information content (AvgIpc) is 3.61. The van der Waals surface area contributed by atoms with Gasteiger partial charge in [0.25, 0.3) is 0 Å². The van der Waals surface area contributed by atoms with Crippen LogP contribution in [-0.4, -0.2) is 61.1 Å². The van der Waals surface area contributed by atoms with Gasteiger partial charge in [-0.2, -0.15) is 5.10 Å². The number of nitrogens with one attached hydrogen (secondary N) is 4. The van der Waals surface area contributed by atoms with Crippen molar-refractivity contribution in [3.63, 3.8) is 0 Å². The van der Waals surface area contributed by atoms with Crippen LogP contribution in [0.3, 0.4) is 0 Å². The molecule has 44 heavy (non-hydrogen) atoms. The summed E-state index contributed by atoms with van der Waals surface area (Å²) in [4.78, 5) is 20.6. The van der Waals surface area contributed by atoms with Gasteiger partial charge in [-0.3, -0.25) is 10.1 Å². The first kappa shape index (κ1) is 29.2. The third-order valence-corrected chi connectivity index (χ3v) is 7.56. The highest BCUT2D eigenvalue weighted by molar-refractivity contribution is 7.88. The Morgan fingerprint density at radius 1 is 1.02 bits per heavy atom. The van der Waals surface area contributed by atoms with Crippen LogP contribution < -0.4 is 10.0 Å². The number of halogens is 2. The number of nitrogens with zero attached hydrogens (tertiary/aromatic N) is 5. The molecule has 0 bridgehead atoms. The number of rotatable bonds is 10. The maximum atomic E-state index is 16.1. The number of hydrogen-bond acceptors (Lipinski definition) is 9. The smallest absolute Gasteiger partial charge is 0.209 e. The summed E-state index contributed by atoms with van der Waals surface area (Å²) in [5.41, 5.74) is 3.63. The number of hydrogen-bond donors (Lipinski definition) is 5. The number of aromatic nitrogens is 7. The Balaban J connectivity index is 1.40. The standard InChI is InChI=1S/C29H27F2N9O3S/c1-3-4-22(41)36-19-10-17(12-32-13-19)21-14-34-27-23(24(21)31)26(39-40-27)29-37-25-20(5-6-33-28(25)38-29)16-7-15(8-18(30)9-16)11-35-44(2,42)43/h5-10,12-14,22,35-36,41H,3-4,11H2,1-2H3,(H,33,37,38)(H,34,39,40). The monoisotopic (exact) mass is 619 g/mol. The molecule has 15 heteroatoms. The van der Waals surface area contributed by atoms with Gasteiger partial charge in [-0.25, -0.2) is 36.9 Å². The maximum Gasteiger partial charge on any atom is 0.209 e. The Hall–Kier alpha value is -4.86. The van der Waals surface area contributed by atoms with E-state index in [9.17, 15) is 17.9 Å². The molecular formula is C29H27F2N9O3S. The zero-order chi connectivity index (χ0) is 31.0. The molecule has 0 fully saturated rings. The number of sulfonamides is 1. The van der Waals surface area contributed by atoms with E-state index in [1.165, 1.54) is 36.9 Å². The van der Waals surface area contributed by atoms with E-state index in [0.29, 0.717) is 45.5 Å². The summed E-state index contributed by atoms with van der Waals surface area (Å²) in [5, 5.41) is 20.2. The second-order valence-corrected chi connectivity index (χ2v) is 12.1. The van der Waals surface area contributed by atoms with Crippen LogP contribution >= 0.6 is 0 Å². The Morgan fingerprint density at radius 2 is 1.86 bits per heavy atom. The molecule has 0 saturated heterocycles. The summed E-state index contributed by atoms with van der Waals surface area (Å²) in [5.74, 6) is -0.953. The van der Waals surface area contributed by atoms with E-state index >= 15 is 4.39 Å². The second-order valence-electron chi connectivity index (χ2n) is 10.3. The number of aliphatic hydroxyl groups is 1. The van der Waals surface area contributed by atoms with Gasteiger partial charge in [0.05, 0.1) is 23.5 Å². The Labute approximate surface area is 250 Å². The van der Waals surface area contributed by atoms with Crippen molar-refractivity contribution >= 4 is 37.9 Å². The van der Waals surface area contributed by atoms with Crippen LogP contribution in [-0.2, 0) is 16.6 Å². The fraction of sp³-hybridized carbons (Fsp3) is 0.207. The molecule has 0 saturated carbocycles. The molecule has 5 aromatic heterocycles. The Bertz CT molecular complexity index is 2110. The zero-order valence-electron chi connectivity index (χ0n) is 23.6. The van der Waals surface area contributed by atoms with E-state index in [4.69, 9.17) is 0 Å². The predicted molar refractivity (Wildman–Crippen MR) is 162 cm³/mol. The van der Waals surface area contributed by atoms with Crippen molar-refractivity contribution in [3.05, 3.63) is 72.3 Å². The van der Waals surface area contributed by atoms with Gasteiger partial charge in [-0.15, -0.1) is 0 Å². The van der Waals surface area contributed by atoms with E-state index in [1.54, 1.807) is 18.2 Å². The van der Waals surface area contributed by atoms with E-state index in [0.717, 1.165) is 12.7 Å². The molecule has 0 amide bonds. The lowest BCUT2D eigenvalue weighted by atomic mass is 10.0. The molecule has 1 aromatic carbocycles. The number of anilines is 1. The minimum Gasteiger partial charge on any atom is -0.374 e. The van der Waals surface area contributed by atoms with Crippen molar-refractivity contribution in [1.82, 2.24) is 39.8 Å². The van der Waals surface area contributed by atoms with Crippen LogP contribution in [0.5, 0.6) is 0 Å². The second kappa shape index (κ2) is 11.7. The van der Waals surface area contributed by atoms with E-state index in [2.05, 4.69) is 45.2 Å². The van der Waals surface area contributed by atoms with Gasteiger partial charge in [-0.1, -0.05) is 13.3 Å². The van der Waals surface area contributed by atoms with Gasteiger partial charge in [0.2, 0.25) is 10.0 Å². The van der Waals surface area contributed by atoms with Crippen molar-refractivity contribution < 1.29 is 22.3 Å². The van der Waals surface area contributed by atoms with E-state index in [1.807, 2.05) is 6.92 Å². The quantitative estimate of drug-likeness (QED) is 0.138. The summed E-state index contributed by atoms with van der Waals surface area (Å²) < 4.78 is 56.2. The highest BCUT2D eigenvalue weighted by Crippen LogP contribution is 2.35. The van der Waals surface area contributed by atoms with Crippen molar-refractivity contribution in [2.24, 2.45) is 0 Å². The average molecular weight is 620 g/mol. The number of aliphatic hydroxyl groups excluding tert-OH is 1. The third-order valence-electron chi connectivity index (χ3n) is 6.89. The number of imidazole rings is 1. The summed E-state index contributed by atoms with van der Waals surface area (Å²) in [7, 11) is -3.48. The fourth-order valence-electron chi connectivity index (χ4n) is 4.91. The SMILES string of the molecule is CCCC(O)Nc1cncc(-c2cnc3[nH]nc(-c4nc5c(-c6cc(F)cc(CNS(C)(=O)=O)c6)ccnc5[nH]4)c3c2F)c1. The van der Waals surface area contributed by atoms with Crippen LogP contribution in [0.2, 0.25) is 0 Å². The van der Waals surface area contributed by atoms with Crippen molar-refractivity contribution in [1.29, 1.82) is 0 Å². The molecule has 12 nitrogen and oxygen atoms in total. The summed E-state index contributed by atoms with van der Waals surface area (Å²) in [6.45, 7) is 1.86. The molecule has 1 unspecified atom stereocenters. The molecule has 6 rings (SSSR count). The van der Waals surface area contributed by atoms with Gasteiger partial charge < -0.3 is 15.4 Å². The van der Waals surface area contributed by atoms with Crippen LogP contribution in [0.25, 0.3) is 56.0 Å². The van der Waals surface area contributed by atoms with Gasteiger partial charge in [0.15, 0.2) is 17.1 Å². The largest absolute Gasteiger partial charge is 0.374 e. The molecule has 5 N–H and O–H groups in total. The third kappa shape index (κ3) is 5.97. The van der Waals surface area contributed by atoms with Crippen LogP contribution in [0.1, 0.15) is 25.3 Å². The lowest BCUT2D eigenvalue weighted by Crippen LogP contribution is -2.21. The van der Waals surface area contributed by atoms with Gasteiger partial charge in [0, 0.05) is 41.8 Å². The van der Waals surface area contributed by atoms with E-state index < -0.39 is 27.9 Å². The van der Waals surface area contributed by atoms with Gasteiger partial charge >= 0.3 is 0 Å². The molecule has 1 atom stereocenters.